The van der Waals surface area contributed by atoms with Gasteiger partial charge in [-0.3, -0.25) is 4.99 Å². The molecule has 12 heavy (non-hydrogen) atoms. The molecule has 0 radical (unpaired) electrons. The van der Waals surface area contributed by atoms with Crippen LogP contribution in [0.15, 0.2) is 27.7 Å². The number of benzene rings is 1. The third-order valence-electron chi connectivity index (χ3n) is 2.09. The van der Waals surface area contributed by atoms with Gasteiger partial charge >= 0.3 is 0 Å². The third kappa shape index (κ3) is 1.44. The molecule has 0 fully saturated rings. The van der Waals surface area contributed by atoms with Gasteiger partial charge in [0.2, 0.25) is 0 Å². The summed E-state index contributed by atoms with van der Waals surface area (Å²) in [4.78, 5) is 4.36. The minimum absolute atomic E-state index is 0.437. The van der Waals surface area contributed by atoms with Crippen LogP contribution in [0.25, 0.3) is 0 Å². The maximum Gasteiger partial charge on any atom is 0.0512 e. The summed E-state index contributed by atoms with van der Waals surface area (Å²) in [6.07, 6.45) is 3.03. The molecule has 1 aromatic rings. The van der Waals surface area contributed by atoms with Crippen molar-refractivity contribution in [1.82, 2.24) is 0 Å². The highest BCUT2D eigenvalue weighted by molar-refractivity contribution is 9.10. The molecule has 2 rings (SSSR count). The van der Waals surface area contributed by atoms with Crippen molar-refractivity contribution in [3.63, 3.8) is 0 Å². The van der Waals surface area contributed by atoms with Crippen molar-refractivity contribution >= 4 is 22.1 Å². The van der Waals surface area contributed by atoms with Gasteiger partial charge in [0.25, 0.3) is 0 Å². The summed E-state index contributed by atoms with van der Waals surface area (Å²) in [5.41, 5.74) is 2.66. The van der Waals surface area contributed by atoms with Crippen LogP contribution >= 0.6 is 15.9 Å². The lowest BCUT2D eigenvalue weighted by Crippen LogP contribution is -2.11. The zero-order chi connectivity index (χ0) is 8.55. The SMILES string of the molecule is CC1Cc2cc(Br)ccc2C=N1. The molecule has 62 valence electrons. The van der Waals surface area contributed by atoms with Crippen LogP contribution in [0.5, 0.6) is 0 Å². The second-order valence-electron chi connectivity index (χ2n) is 3.17. The molecule has 0 spiro atoms. The average Bonchev–Trinajstić information content (AvgIpc) is 2.03. The fourth-order valence-corrected chi connectivity index (χ4v) is 1.86. The predicted molar refractivity (Wildman–Crippen MR) is 54.9 cm³/mol. The highest BCUT2D eigenvalue weighted by atomic mass is 79.9. The first-order chi connectivity index (χ1) is 5.75. The lowest BCUT2D eigenvalue weighted by atomic mass is 9.99. The topological polar surface area (TPSA) is 12.4 Å². The molecule has 0 N–H and O–H groups in total. The van der Waals surface area contributed by atoms with E-state index in [-0.39, 0.29) is 0 Å². The van der Waals surface area contributed by atoms with Crippen LogP contribution in [-0.2, 0) is 6.42 Å². The number of aliphatic imine (C=N–C) groups is 1. The van der Waals surface area contributed by atoms with Gasteiger partial charge in [0.05, 0.1) is 6.04 Å². The van der Waals surface area contributed by atoms with Gasteiger partial charge in [-0.2, -0.15) is 0 Å². The van der Waals surface area contributed by atoms with Crippen LogP contribution in [-0.4, -0.2) is 12.3 Å². The summed E-state index contributed by atoms with van der Waals surface area (Å²) in [5, 5.41) is 0. The van der Waals surface area contributed by atoms with Gasteiger partial charge in [0.15, 0.2) is 0 Å². The van der Waals surface area contributed by atoms with Crippen molar-refractivity contribution < 1.29 is 0 Å². The summed E-state index contributed by atoms with van der Waals surface area (Å²) < 4.78 is 1.16. The first-order valence-electron chi connectivity index (χ1n) is 4.07. The molecule has 1 aromatic carbocycles. The molecule has 2 heteroatoms. The Kier molecular flexibility index (Phi) is 2.01. The Morgan fingerprint density at radius 1 is 1.50 bits per heavy atom. The zero-order valence-electron chi connectivity index (χ0n) is 6.92. The lowest BCUT2D eigenvalue weighted by Gasteiger charge is -2.14. The van der Waals surface area contributed by atoms with E-state index in [9.17, 15) is 0 Å². The lowest BCUT2D eigenvalue weighted by molar-refractivity contribution is 0.732. The van der Waals surface area contributed by atoms with Crippen LogP contribution in [0.1, 0.15) is 18.1 Å². The molecule has 1 aliphatic heterocycles. The maximum atomic E-state index is 4.36. The molecular formula is C10H10BrN. The van der Waals surface area contributed by atoms with E-state index in [1.807, 2.05) is 6.21 Å². The van der Waals surface area contributed by atoms with E-state index in [2.05, 4.69) is 46.0 Å². The van der Waals surface area contributed by atoms with Crippen LogP contribution in [0, 0.1) is 0 Å². The third-order valence-corrected chi connectivity index (χ3v) is 2.58. The number of hydrogen-bond acceptors (Lipinski definition) is 1. The van der Waals surface area contributed by atoms with Crippen molar-refractivity contribution in [1.29, 1.82) is 0 Å². The van der Waals surface area contributed by atoms with Gasteiger partial charge in [-0.05, 0) is 36.6 Å². The molecule has 0 saturated heterocycles. The molecule has 1 atom stereocenters. The molecule has 0 bridgehead atoms. The van der Waals surface area contributed by atoms with Gasteiger partial charge in [0, 0.05) is 10.7 Å². The second-order valence-corrected chi connectivity index (χ2v) is 4.09. The minimum Gasteiger partial charge on any atom is -0.289 e. The summed E-state index contributed by atoms with van der Waals surface area (Å²) in [7, 11) is 0. The van der Waals surface area contributed by atoms with E-state index < -0.39 is 0 Å². The maximum absolute atomic E-state index is 4.36. The predicted octanol–water partition coefficient (Wildman–Crippen LogP) is 2.81. The highest BCUT2D eigenvalue weighted by Gasteiger charge is 2.10. The number of fused-ring (bicyclic) bond motifs is 1. The van der Waals surface area contributed by atoms with E-state index in [0.29, 0.717) is 6.04 Å². The summed E-state index contributed by atoms with van der Waals surface area (Å²) in [5.74, 6) is 0. The average molecular weight is 224 g/mol. The van der Waals surface area contributed by atoms with Crippen LogP contribution in [0.3, 0.4) is 0 Å². The monoisotopic (exact) mass is 223 g/mol. The van der Waals surface area contributed by atoms with Gasteiger partial charge in [-0.1, -0.05) is 22.0 Å². The van der Waals surface area contributed by atoms with E-state index in [0.717, 1.165) is 10.9 Å². The van der Waals surface area contributed by atoms with E-state index >= 15 is 0 Å². The Balaban J connectivity index is 2.47. The van der Waals surface area contributed by atoms with Gasteiger partial charge in [-0.15, -0.1) is 0 Å². The zero-order valence-corrected chi connectivity index (χ0v) is 8.51. The number of rotatable bonds is 0. The minimum atomic E-state index is 0.437. The summed E-state index contributed by atoms with van der Waals surface area (Å²) >= 11 is 3.47. The smallest absolute Gasteiger partial charge is 0.0512 e. The van der Waals surface area contributed by atoms with Crippen molar-refractivity contribution in [2.45, 2.75) is 19.4 Å². The number of hydrogen-bond donors (Lipinski definition) is 0. The normalized spacial score (nSPS) is 20.7. The molecule has 1 aliphatic rings. The molecule has 0 amide bonds. The van der Waals surface area contributed by atoms with Crippen molar-refractivity contribution in [3.05, 3.63) is 33.8 Å². The van der Waals surface area contributed by atoms with E-state index in [4.69, 9.17) is 0 Å². The first-order valence-corrected chi connectivity index (χ1v) is 4.86. The molecule has 0 aliphatic carbocycles. The fourth-order valence-electron chi connectivity index (χ4n) is 1.46. The molecular weight excluding hydrogens is 214 g/mol. The van der Waals surface area contributed by atoms with Crippen LogP contribution < -0.4 is 0 Å². The quantitative estimate of drug-likeness (QED) is 0.642. The Bertz CT molecular complexity index is 331. The number of halogens is 1. The Hall–Kier alpha value is -0.630. The van der Waals surface area contributed by atoms with Gasteiger partial charge in [-0.25, -0.2) is 0 Å². The molecule has 1 nitrogen and oxygen atoms in total. The standard InChI is InChI=1S/C10H10BrN/c1-7-4-9-5-10(11)3-2-8(9)6-12-7/h2-3,5-7H,4H2,1H3. The summed E-state index contributed by atoms with van der Waals surface area (Å²) in [6.45, 7) is 2.14. The Morgan fingerprint density at radius 3 is 3.17 bits per heavy atom. The second kappa shape index (κ2) is 3.02. The summed E-state index contributed by atoms with van der Waals surface area (Å²) in [6, 6.07) is 6.78. The van der Waals surface area contributed by atoms with Crippen molar-refractivity contribution in [2.24, 2.45) is 4.99 Å². The van der Waals surface area contributed by atoms with Gasteiger partial charge < -0.3 is 0 Å². The number of nitrogens with zero attached hydrogens (tertiary/aromatic N) is 1. The molecule has 0 saturated carbocycles. The van der Waals surface area contributed by atoms with E-state index in [1.54, 1.807) is 0 Å². The van der Waals surface area contributed by atoms with E-state index in [1.165, 1.54) is 11.1 Å². The molecule has 1 heterocycles. The van der Waals surface area contributed by atoms with Crippen LogP contribution in [0.4, 0.5) is 0 Å². The van der Waals surface area contributed by atoms with Crippen molar-refractivity contribution in [2.75, 3.05) is 0 Å². The highest BCUT2D eigenvalue weighted by Crippen LogP contribution is 2.20. The largest absolute Gasteiger partial charge is 0.289 e. The van der Waals surface area contributed by atoms with Crippen molar-refractivity contribution in [3.8, 4) is 0 Å². The Morgan fingerprint density at radius 2 is 2.33 bits per heavy atom. The molecule has 1 unspecified atom stereocenters. The van der Waals surface area contributed by atoms with Crippen LogP contribution in [0.2, 0.25) is 0 Å². The first kappa shape index (κ1) is 7.99. The molecule has 0 aromatic heterocycles. The van der Waals surface area contributed by atoms with Gasteiger partial charge in [0.1, 0.15) is 0 Å². The fraction of sp³-hybridized carbons (Fsp3) is 0.300. The Labute approximate surface area is 80.6 Å².